The van der Waals surface area contributed by atoms with E-state index in [1.807, 2.05) is 37.3 Å². The molecule has 0 aliphatic rings. The first-order valence-electron chi connectivity index (χ1n) is 6.03. The Balaban J connectivity index is 2.28. The van der Waals surface area contributed by atoms with E-state index >= 15 is 0 Å². The van der Waals surface area contributed by atoms with Gasteiger partial charge in [-0.1, -0.05) is 24.3 Å². The SMILES string of the molecule is Cc1ccc2ccc(-c3cncnc3)cc2c1C=O. The van der Waals surface area contributed by atoms with Crippen LogP contribution in [0.2, 0.25) is 0 Å². The Bertz CT molecular complexity index is 751. The van der Waals surface area contributed by atoms with Gasteiger partial charge in [0.25, 0.3) is 0 Å². The Morgan fingerprint density at radius 1 is 1.00 bits per heavy atom. The van der Waals surface area contributed by atoms with Crippen molar-refractivity contribution >= 4 is 17.1 Å². The number of benzene rings is 2. The van der Waals surface area contributed by atoms with Crippen LogP contribution < -0.4 is 0 Å². The molecule has 3 heteroatoms. The van der Waals surface area contributed by atoms with Crippen molar-refractivity contribution in [3.05, 3.63) is 60.2 Å². The molecule has 1 aromatic heterocycles. The second kappa shape index (κ2) is 4.61. The van der Waals surface area contributed by atoms with Crippen LogP contribution in [0.25, 0.3) is 21.9 Å². The molecule has 1 heterocycles. The van der Waals surface area contributed by atoms with Gasteiger partial charge in [-0.25, -0.2) is 9.97 Å². The predicted molar refractivity (Wildman–Crippen MR) is 75.1 cm³/mol. The van der Waals surface area contributed by atoms with Gasteiger partial charge in [0.15, 0.2) is 6.29 Å². The van der Waals surface area contributed by atoms with Gasteiger partial charge in [0, 0.05) is 23.5 Å². The Labute approximate surface area is 111 Å². The number of aryl methyl sites for hydroxylation is 1. The minimum atomic E-state index is 0.746. The van der Waals surface area contributed by atoms with Crippen molar-refractivity contribution in [1.29, 1.82) is 0 Å². The lowest BCUT2D eigenvalue weighted by Crippen LogP contribution is -1.90. The molecule has 0 aliphatic heterocycles. The summed E-state index contributed by atoms with van der Waals surface area (Å²) in [6, 6.07) is 10.1. The molecule has 0 amide bonds. The average Bonchev–Trinajstić information content (AvgIpc) is 2.47. The van der Waals surface area contributed by atoms with Gasteiger partial charge in [0.05, 0.1) is 0 Å². The molecule has 0 fully saturated rings. The van der Waals surface area contributed by atoms with Gasteiger partial charge in [-0.3, -0.25) is 4.79 Å². The Morgan fingerprint density at radius 3 is 2.47 bits per heavy atom. The number of nitrogens with zero attached hydrogens (tertiary/aromatic N) is 2. The zero-order valence-electron chi connectivity index (χ0n) is 10.5. The van der Waals surface area contributed by atoms with Crippen LogP contribution in [0.5, 0.6) is 0 Å². The predicted octanol–water partition coefficient (Wildman–Crippen LogP) is 3.42. The molecule has 2 aromatic carbocycles. The highest BCUT2D eigenvalue weighted by molar-refractivity contribution is 6.01. The van der Waals surface area contributed by atoms with E-state index in [4.69, 9.17) is 0 Å². The summed E-state index contributed by atoms with van der Waals surface area (Å²) in [4.78, 5) is 19.3. The van der Waals surface area contributed by atoms with Crippen LogP contribution in [-0.2, 0) is 0 Å². The van der Waals surface area contributed by atoms with E-state index < -0.39 is 0 Å². The highest BCUT2D eigenvalue weighted by Crippen LogP contribution is 2.26. The largest absolute Gasteiger partial charge is 0.298 e. The van der Waals surface area contributed by atoms with E-state index in [1.54, 1.807) is 12.4 Å². The Hall–Kier alpha value is -2.55. The fourth-order valence-electron chi connectivity index (χ4n) is 2.24. The highest BCUT2D eigenvalue weighted by Gasteiger charge is 2.06. The molecule has 0 radical (unpaired) electrons. The van der Waals surface area contributed by atoms with Gasteiger partial charge < -0.3 is 0 Å². The molecule has 3 aromatic rings. The van der Waals surface area contributed by atoms with Gasteiger partial charge in [0.2, 0.25) is 0 Å². The molecular formula is C16H12N2O. The molecule has 92 valence electrons. The standard InChI is InChI=1S/C16H12N2O/c1-11-2-3-12-4-5-13(6-15(12)16(11)9-19)14-7-17-10-18-8-14/h2-10H,1H3. The van der Waals surface area contributed by atoms with Gasteiger partial charge >= 0.3 is 0 Å². The fraction of sp³-hybridized carbons (Fsp3) is 0.0625. The monoisotopic (exact) mass is 248 g/mol. The molecule has 0 bridgehead atoms. The molecule has 0 aliphatic carbocycles. The second-order valence-corrected chi connectivity index (χ2v) is 4.48. The van der Waals surface area contributed by atoms with Crippen molar-refractivity contribution in [3.8, 4) is 11.1 Å². The number of carbonyl (C=O) groups is 1. The first-order valence-corrected chi connectivity index (χ1v) is 6.03. The molecule has 0 saturated heterocycles. The Kier molecular flexibility index (Phi) is 2.80. The second-order valence-electron chi connectivity index (χ2n) is 4.48. The number of hydrogen-bond acceptors (Lipinski definition) is 3. The quantitative estimate of drug-likeness (QED) is 0.653. The molecular weight excluding hydrogens is 236 g/mol. The van der Waals surface area contributed by atoms with Crippen LogP contribution >= 0.6 is 0 Å². The molecule has 0 saturated carbocycles. The summed E-state index contributed by atoms with van der Waals surface area (Å²) in [6.07, 6.45) is 5.96. The fourth-order valence-corrected chi connectivity index (χ4v) is 2.24. The lowest BCUT2D eigenvalue weighted by atomic mass is 9.97. The Morgan fingerprint density at radius 2 is 1.74 bits per heavy atom. The first kappa shape index (κ1) is 11.5. The first-order chi connectivity index (χ1) is 9.29. The number of aromatic nitrogens is 2. The molecule has 0 N–H and O–H groups in total. The van der Waals surface area contributed by atoms with Crippen LogP contribution in [0, 0.1) is 6.92 Å². The number of carbonyl (C=O) groups excluding carboxylic acids is 1. The lowest BCUT2D eigenvalue weighted by molar-refractivity contribution is 0.112. The minimum absolute atomic E-state index is 0.746. The third-order valence-corrected chi connectivity index (χ3v) is 3.29. The molecule has 0 spiro atoms. The van der Waals surface area contributed by atoms with Gasteiger partial charge in [-0.15, -0.1) is 0 Å². The summed E-state index contributed by atoms with van der Waals surface area (Å²) in [5, 5.41) is 2.03. The normalized spacial score (nSPS) is 10.6. The minimum Gasteiger partial charge on any atom is -0.298 e. The van der Waals surface area contributed by atoms with Crippen molar-refractivity contribution in [2.75, 3.05) is 0 Å². The van der Waals surface area contributed by atoms with E-state index in [2.05, 4.69) is 9.97 Å². The maximum atomic E-state index is 11.3. The molecule has 3 rings (SSSR count). The van der Waals surface area contributed by atoms with E-state index in [1.165, 1.54) is 6.33 Å². The van der Waals surface area contributed by atoms with Crippen molar-refractivity contribution in [2.45, 2.75) is 6.92 Å². The summed E-state index contributed by atoms with van der Waals surface area (Å²) in [5.41, 5.74) is 3.70. The van der Waals surface area contributed by atoms with Crippen LogP contribution in [0.15, 0.2) is 49.1 Å². The molecule has 0 atom stereocenters. The molecule has 0 unspecified atom stereocenters. The van der Waals surface area contributed by atoms with Crippen molar-refractivity contribution in [3.63, 3.8) is 0 Å². The molecule has 3 nitrogen and oxygen atoms in total. The van der Waals surface area contributed by atoms with E-state index in [0.29, 0.717) is 0 Å². The van der Waals surface area contributed by atoms with Crippen molar-refractivity contribution in [2.24, 2.45) is 0 Å². The zero-order valence-corrected chi connectivity index (χ0v) is 10.5. The van der Waals surface area contributed by atoms with Crippen LogP contribution in [0.3, 0.4) is 0 Å². The summed E-state index contributed by atoms with van der Waals surface area (Å²) in [7, 11) is 0. The zero-order chi connectivity index (χ0) is 13.2. The maximum absolute atomic E-state index is 11.3. The third kappa shape index (κ3) is 1.99. The van der Waals surface area contributed by atoms with E-state index in [9.17, 15) is 4.79 Å². The summed E-state index contributed by atoms with van der Waals surface area (Å²) < 4.78 is 0. The van der Waals surface area contributed by atoms with Crippen LogP contribution in [-0.4, -0.2) is 16.3 Å². The number of hydrogen-bond donors (Lipinski definition) is 0. The van der Waals surface area contributed by atoms with Crippen LogP contribution in [0.1, 0.15) is 15.9 Å². The third-order valence-electron chi connectivity index (χ3n) is 3.29. The summed E-state index contributed by atoms with van der Waals surface area (Å²) in [6.45, 7) is 1.95. The smallest absolute Gasteiger partial charge is 0.150 e. The summed E-state index contributed by atoms with van der Waals surface area (Å²) in [5.74, 6) is 0. The summed E-state index contributed by atoms with van der Waals surface area (Å²) >= 11 is 0. The van der Waals surface area contributed by atoms with Crippen molar-refractivity contribution in [1.82, 2.24) is 9.97 Å². The molecule has 19 heavy (non-hydrogen) atoms. The van der Waals surface area contributed by atoms with Gasteiger partial charge in [-0.05, 0) is 34.9 Å². The van der Waals surface area contributed by atoms with E-state index in [-0.39, 0.29) is 0 Å². The lowest BCUT2D eigenvalue weighted by Gasteiger charge is -2.07. The highest BCUT2D eigenvalue weighted by atomic mass is 16.1. The van der Waals surface area contributed by atoms with E-state index in [0.717, 1.165) is 39.3 Å². The van der Waals surface area contributed by atoms with Gasteiger partial charge in [0.1, 0.15) is 6.33 Å². The number of fused-ring (bicyclic) bond motifs is 1. The van der Waals surface area contributed by atoms with Crippen LogP contribution in [0.4, 0.5) is 0 Å². The topological polar surface area (TPSA) is 42.9 Å². The maximum Gasteiger partial charge on any atom is 0.150 e. The average molecular weight is 248 g/mol. The number of aldehydes is 1. The van der Waals surface area contributed by atoms with Gasteiger partial charge in [-0.2, -0.15) is 0 Å². The van der Waals surface area contributed by atoms with Crippen molar-refractivity contribution < 1.29 is 4.79 Å². The number of rotatable bonds is 2.